The molecule has 0 saturated heterocycles. The molecule has 0 radical (unpaired) electrons. The van der Waals surface area contributed by atoms with Gasteiger partial charge in [0.2, 0.25) is 0 Å². The van der Waals surface area contributed by atoms with Gasteiger partial charge in [-0.2, -0.15) is 0 Å². The molecule has 1 fully saturated rings. The normalized spacial score (nSPS) is 20.2. The van der Waals surface area contributed by atoms with Crippen LogP contribution >= 0.6 is 0 Å². The second-order valence-electron chi connectivity index (χ2n) is 4.00. The van der Waals surface area contributed by atoms with Crippen LogP contribution in [0.4, 0.5) is 0 Å². The molecular weight excluding hydrogens is 134 g/mol. The first kappa shape index (κ1) is 9.05. The van der Waals surface area contributed by atoms with Gasteiger partial charge in [0.25, 0.3) is 0 Å². The molecule has 1 rings (SSSR count). The molecule has 1 aliphatic carbocycles. The van der Waals surface area contributed by atoms with E-state index in [1.54, 1.807) is 0 Å². The molecule has 0 heterocycles. The van der Waals surface area contributed by atoms with Crippen LogP contribution in [0.1, 0.15) is 39.5 Å². The molecule has 11 heavy (non-hydrogen) atoms. The van der Waals surface area contributed by atoms with Crippen molar-refractivity contribution in [2.24, 2.45) is 11.8 Å². The summed E-state index contributed by atoms with van der Waals surface area (Å²) >= 11 is 0. The Hall–Kier alpha value is -0.0400. The van der Waals surface area contributed by atoms with E-state index in [0.717, 1.165) is 11.8 Å². The van der Waals surface area contributed by atoms with Gasteiger partial charge in [0.05, 0.1) is 0 Å². The van der Waals surface area contributed by atoms with Crippen molar-refractivity contribution >= 4 is 0 Å². The van der Waals surface area contributed by atoms with Gasteiger partial charge < -0.3 is 5.32 Å². The quantitative estimate of drug-likeness (QED) is 0.621. The fourth-order valence-electron chi connectivity index (χ4n) is 1.45. The topological polar surface area (TPSA) is 12.0 Å². The van der Waals surface area contributed by atoms with Crippen LogP contribution in [0.5, 0.6) is 0 Å². The van der Waals surface area contributed by atoms with E-state index < -0.39 is 0 Å². The first-order valence-corrected chi connectivity index (χ1v) is 5.03. The maximum absolute atomic E-state index is 3.53. The predicted molar refractivity (Wildman–Crippen MR) is 49.7 cm³/mol. The highest BCUT2D eigenvalue weighted by Gasteiger charge is 2.20. The summed E-state index contributed by atoms with van der Waals surface area (Å²) in [6, 6.07) is 0. The molecule has 0 amide bonds. The Morgan fingerprint density at radius 3 is 2.73 bits per heavy atom. The van der Waals surface area contributed by atoms with E-state index in [0.29, 0.717) is 0 Å². The third-order valence-corrected chi connectivity index (χ3v) is 2.40. The SMILES string of the molecule is CCCC(C)CNCC1CC1. The lowest BCUT2D eigenvalue weighted by atomic mass is 10.1. The minimum absolute atomic E-state index is 0.874. The van der Waals surface area contributed by atoms with Crippen molar-refractivity contribution in [2.75, 3.05) is 13.1 Å². The third-order valence-electron chi connectivity index (χ3n) is 2.40. The Morgan fingerprint density at radius 1 is 1.45 bits per heavy atom. The fourth-order valence-corrected chi connectivity index (χ4v) is 1.45. The molecule has 0 spiro atoms. The number of nitrogens with one attached hydrogen (secondary N) is 1. The summed E-state index contributed by atoms with van der Waals surface area (Å²) in [5.74, 6) is 1.91. The molecule has 0 aromatic heterocycles. The summed E-state index contributed by atoms with van der Waals surface area (Å²) in [6.45, 7) is 7.10. The molecule has 1 atom stereocenters. The van der Waals surface area contributed by atoms with Crippen LogP contribution in [-0.2, 0) is 0 Å². The van der Waals surface area contributed by atoms with Crippen LogP contribution in [0.3, 0.4) is 0 Å². The van der Waals surface area contributed by atoms with E-state index in [9.17, 15) is 0 Å². The highest BCUT2D eigenvalue weighted by molar-refractivity contribution is 4.75. The lowest BCUT2D eigenvalue weighted by Gasteiger charge is -2.10. The van der Waals surface area contributed by atoms with Gasteiger partial charge in [-0.25, -0.2) is 0 Å². The summed E-state index contributed by atoms with van der Waals surface area (Å²) in [7, 11) is 0. The van der Waals surface area contributed by atoms with Crippen LogP contribution in [-0.4, -0.2) is 13.1 Å². The maximum atomic E-state index is 3.53. The zero-order valence-corrected chi connectivity index (χ0v) is 7.90. The van der Waals surface area contributed by atoms with E-state index in [1.165, 1.54) is 38.8 Å². The largest absolute Gasteiger partial charge is 0.316 e. The van der Waals surface area contributed by atoms with Crippen molar-refractivity contribution < 1.29 is 0 Å². The van der Waals surface area contributed by atoms with Crippen molar-refractivity contribution in [3.05, 3.63) is 0 Å². The smallest absolute Gasteiger partial charge is 0.00204 e. The highest BCUT2D eigenvalue weighted by Crippen LogP contribution is 2.27. The zero-order chi connectivity index (χ0) is 8.10. The maximum Gasteiger partial charge on any atom is -0.00204 e. The third kappa shape index (κ3) is 4.41. The van der Waals surface area contributed by atoms with Crippen molar-refractivity contribution in [3.8, 4) is 0 Å². The standard InChI is InChI=1S/C10H21N/c1-3-4-9(2)7-11-8-10-5-6-10/h9-11H,3-8H2,1-2H3. The number of hydrogen-bond donors (Lipinski definition) is 1. The monoisotopic (exact) mass is 155 g/mol. The molecule has 66 valence electrons. The minimum Gasteiger partial charge on any atom is -0.316 e. The van der Waals surface area contributed by atoms with Gasteiger partial charge in [0.1, 0.15) is 0 Å². The van der Waals surface area contributed by atoms with E-state index in [2.05, 4.69) is 19.2 Å². The van der Waals surface area contributed by atoms with E-state index in [4.69, 9.17) is 0 Å². The van der Waals surface area contributed by atoms with E-state index in [-0.39, 0.29) is 0 Å². The first-order valence-electron chi connectivity index (χ1n) is 5.03. The molecule has 1 heteroatoms. The summed E-state index contributed by atoms with van der Waals surface area (Å²) in [5.41, 5.74) is 0. The molecule has 1 aliphatic rings. The fraction of sp³-hybridized carbons (Fsp3) is 1.00. The van der Waals surface area contributed by atoms with Crippen LogP contribution < -0.4 is 5.32 Å². The van der Waals surface area contributed by atoms with Gasteiger partial charge in [-0.3, -0.25) is 0 Å². The Balaban J connectivity index is 1.84. The zero-order valence-electron chi connectivity index (χ0n) is 7.90. The van der Waals surface area contributed by atoms with Crippen LogP contribution in [0.25, 0.3) is 0 Å². The Bertz CT molecular complexity index is 97.0. The molecule has 1 nitrogen and oxygen atoms in total. The summed E-state index contributed by atoms with van der Waals surface area (Å²) in [6.07, 6.45) is 5.63. The van der Waals surface area contributed by atoms with E-state index >= 15 is 0 Å². The Labute approximate surface area is 70.6 Å². The van der Waals surface area contributed by atoms with Crippen molar-refractivity contribution in [3.63, 3.8) is 0 Å². The molecular formula is C10H21N. The number of rotatable bonds is 6. The summed E-state index contributed by atoms with van der Waals surface area (Å²) < 4.78 is 0. The molecule has 1 unspecified atom stereocenters. The van der Waals surface area contributed by atoms with Crippen molar-refractivity contribution in [2.45, 2.75) is 39.5 Å². The predicted octanol–water partition coefficient (Wildman–Crippen LogP) is 2.42. The lowest BCUT2D eigenvalue weighted by molar-refractivity contribution is 0.469. The Kier molecular flexibility index (Phi) is 3.92. The van der Waals surface area contributed by atoms with Crippen LogP contribution in [0.2, 0.25) is 0 Å². The molecule has 1 N–H and O–H groups in total. The van der Waals surface area contributed by atoms with Gasteiger partial charge in [-0.15, -0.1) is 0 Å². The van der Waals surface area contributed by atoms with Gasteiger partial charge in [0, 0.05) is 0 Å². The molecule has 0 aliphatic heterocycles. The van der Waals surface area contributed by atoms with Gasteiger partial charge in [-0.1, -0.05) is 20.3 Å². The lowest BCUT2D eigenvalue weighted by Crippen LogP contribution is -2.23. The van der Waals surface area contributed by atoms with Crippen molar-refractivity contribution in [1.29, 1.82) is 0 Å². The van der Waals surface area contributed by atoms with Gasteiger partial charge in [0.15, 0.2) is 0 Å². The average molecular weight is 155 g/mol. The first-order chi connectivity index (χ1) is 5.33. The summed E-state index contributed by atoms with van der Waals surface area (Å²) in [4.78, 5) is 0. The highest BCUT2D eigenvalue weighted by atomic mass is 14.9. The number of hydrogen-bond acceptors (Lipinski definition) is 1. The second kappa shape index (κ2) is 4.76. The second-order valence-corrected chi connectivity index (χ2v) is 4.00. The van der Waals surface area contributed by atoms with Crippen molar-refractivity contribution in [1.82, 2.24) is 5.32 Å². The minimum atomic E-state index is 0.874. The molecule has 0 aromatic carbocycles. The summed E-state index contributed by atoms with van der Waals surface area (Å²) in [5, 5.41) is 3.53. The van der Waals surface area contributed by atoms with E-state index in [1.807, 2.05) is 0 Å². The van der Waals surface area contributed by atoms with Crippen LogP contribution in [0.15, 0.2) is 0 Å². The molecule has 0 bridgehead atoms. The molecule has 1 saturated carbocycles. The van der Waals surface area contributed by atoms with Crippen LogP contribution in [0, 0.1) is 11.8 Å². The Morgan fingerprint density at radius 2 is 2.18 bits per heavy atom. The average Bonchev–Trinajstić information content (AvgIpc) is 2.72. The molecule has 0 aromatic rings. The van der Waals surface area contributed by atoms with Gasteiger partial charge >= 0.3 is 0 Å². The van der Waals surface area contributed by atoms with Gasteiger partial charge in [-0.05, 0) is 44.2 Å².